The molecule has 3 aliphatic heterocycles. The monoisotopic (exact) mass is 813 g/mol. The molecule has 0 bridgehead atoms. The summed E-state index contributed by atoms with van der Waals surface area (Å²) >= 11 is 6.32. The van der Waals surface area contributed by atoms with E-state index in [1.165, 1.54) is 35.1 Å². The van der Waals surface area contributed by atoms with E-state index >= 15 is 0 Å². The van der Waals surface area contributed by atoms with Gasteiger partial charge in [-0.15, -0.1) is 0 Å². The second-order valence-electron chi connectivity index (χ2n) is 13.5. The van der Waals surface area contributed by atoms with Crippen LogP contribution in [0.15, 0.2) is 48.7 Å². The third-order valence-corrected chi connectivity index (χ3v) is 10.4. The number of aromatic hydroxyl groups is 4. The Labute approximate surface area is 327 Å². The van der Waals surface area contributed by atoms with Crippen LogP contribution in [0.25, 0.3) is 0 Å². The van der Waals surface area contributed by atoms with Gasteiger partial charge in [0.2, 0.25) is 0 Å². The summed E-state index contributed by atoms with van der Waals surface area (Å²) in [5.41, 5.74) is -0.882. The molecule has 0 saturated carbocycles. The van der Waals surface area contributed by atoms with Gasteiger partial charge >= 0.3 is 30.9 Å². The van der Waals surface area contributed by atoms with Crippen LogP contribution in [0.5, 0.6) is 28.7 Å². The second-order valence-corrected chi connectivity index (χ2v) is 13.9. The maximum absolute atomic E-state index is 14.8. The Bertz CT molecular complexity index is 2170. The summed E-state index contributed by atoms with van der Waals surface area (Å²) in [5.74, 6) is -10.6. The fraction of sp³-hybridized carbons (Fsp3) is 0.306. The first-order chi connectivity index (χ1) is 27.0. The van der Waals surface area contributed by atoms with Crippen LogP contribution in [0.3, 0.4) is 0 Å². The van der Waals surface area contributed by atoms with E-state index in [-0.39, 0.29) is 85.1 Å². The van der Waals surface area contributed by atoms with Crippen LogP contribution in [-0.2, 0) is 20.7 Å². The van der Waals surface area contributed by atoms with Crippen LogP contribution < -0.4 is 15.3 Å². The molecule has 0 aromatic heterocycles. The summed E-state index contributed by atoms with van der Waals surface area (Å²) < 4.78 is 40.3. The summed E-state index contributed by atoms with van der Waals surface area (Å²) in [6.07, 6.45) is 0.528. The topological polar surface area (TPSA) is 239 Å². The first-order valence-electron chi connectivity index (χ1n) is 17.3. The Morgan fingerprint density at radius 1 is 0.965 bits per heavy atom. The fourth-order valence-electron chi connectivity index (χ4n) is 7.14. The number of amides is 5. The van der Waals surface area contributed by atoms with Crippen LogP contribution in [0.2, 0.25) is 5.02 Å². The number of nitrogens with one attached hydrogen (secondary N) is 2. The zero-order chi connectivity index (χ0) is 41.5. The SMILES string of the molecule is C=C(NC1Cc2ccc(F)c(C(=O)O)c2OB1OC)C(NC(=O)N1CCN(C2CCN(C(=O)c3cc(O)cc(O)c3)CC2)C(=O)C1=O)c1cc(F)c(O)c(O)c1Cl. The zero-order valence-electron chi connectivity index (χ0n) is 30.0. The Morgan fingerprint density at radius 3 is 2.26 bits per heavy atom. The van der Waals surface area contributed by atoms with Crippen LogP contribution >= 0.6 is 11.6 Å². The van der Waals surface area contributed by atoms with Gasteiger partial charge in [0.05, 0.1) is 17.0 Å². The van der Waals surface area contributed by atoms with E-state index in [1.54, 1.807) is 0 Å². The van der Waals surface area contributed by atoms with E-state index in [0.717, 1.165) is 12.1 Å². The molecule has 2 atom stereocenters. The maximum atomic E-state index is 14.8. The lowest BCUT2D eigenvalue weighted by Gasteiger charge is -2.41. The summed E-state index contributed by atoms with van der Waals surface area (Å²) in [7, 11) is -0.0475. The van der Waals surface area contributed by atoms with Crippen molar-refractivity contribution in [1.29, 1.82) is 0 Å². The smallest absolute Gasteiger partial charge is 0.534 e. The van der Waals surface area contributed by atoms with Gasteiger partial charge in [0.15, 0.2) is 17.3 Å². The van der Waals surface area contributed by atoms with Crippen molar-refractivity contribution in [2.45, 2.75) is 37.3 Å². The molecule has 2 fully saturated rings. The van der Waals surface area contributed by atoms with Crippen molar-refractivity contribution in [2.24, 2.45) is 0 Å². The number of hydrogen-bond donors (Lipinski definition) is 7. The number of aromatic carboxylic acids is 1. The summed E-state index contributed by atoms with van der Waals surface area (Å²) in [6, 6.07) is 3.29. The Morgan fingerprint density at radius 2 is 1.63 bits per heavy atom. The predicted octanol–water partition coefficient (Wildman–Crippen LogP) is 2.65. The van der Waals surface area contributed by atoms with Crippen LogP contribution in [0.4, 0.5) is 13.6 Å². The number of phenolic OH excluding ortho intramolecular Hbond substituents is 4. The minimum absolute atomic E-state index is 0.0432. The van der Waals surface area contributed by atoms with E-state index < -0.39 is 88.6 Å². The number of carboxylic acids is 1. The molecule has 3 heterocycles. The number of urea groups is 1. The number of carbonyl (C=O) groups is 5. The first kappa shape index (κ1) is 40.4. The van der Waals surface area contributed by atoms with Gasteiger partial charge in [-0.05, 0) is 49.1 Å². The molecule has 2 unspecified atom stereocenters. The molecular weight excluding hydrogens is 779 g/mol. The number of rotatable bonds is 9. The van der Waals surface area contributed by atoms with E-state index in [9.17, 15) is 58.3 Å². The summed E-state index contributed by atoms with van der Waals surface area (Å²) in [4.78, 5) is 68.8. The quantitative estimate of drug-likeness (QED) is 0.0936. The highest BCUT2D eigenvalue weighted by Crippen LogP contribution is 2.42. The second kappa shape index (κ2) is 16.1. The molecule has 3 aromatic rings. The number of phenols is 4. The lowest BCUT2D eigenvalue weighted by Crippen LogP contribution is -2.62. The third-order valence-electron chi connectivity index (χ3n) is 9.97. The van der Waals surface area contributed by atoms with Gasteiger partial charge in [-0.2, -0.15) is 0 Å². The van der Waals surface area contributed by atoms with Gasteiger partial charge in [-0.1, -0.05) is 24.2 Å². The summed E-state index contributed by atoms with van der Waals surface area (Å²) in [5, 5.41) is 54.3. The molecular formula is C36H35BClF2N5O12. The minimum atomic E-state index is -1.58. The molecule has 3 aliphatic rings. The third kappa shape index (κ3) is 7.90. The minimum Gasteiger partial charge on any atom is -0.534 e. The van der Waals surface area contributed by atoms with E-state index in [2.05, 4.69) is 17.2 Å². The van der Waals surface area contributed by atoms with Gasteiger partial charge in [0.25, 0.3) is 5.91 Å². The molecule has 300 valence electrons. The van der Waals surface area contributed by atoms with Crippen molar-refractivity contribution in [2.75, 3.05) is 33.3 Å². The van der Waals surface area contributed by atoms with Crippen molar-refractivity contribution in [3.8, 4) is 28.7 Å². The molecule has 57 heavy (non-hydrogen) atoms. The standard InChI is InChI=1S/C36H35BClF2N5O12/c1-16(41-25-13-17-3-4-23(39)26(35(53)54)31(17)57-37(25)56-2)28(22-15-24(40)29(48)30(49)27(22)38)42-36(55)45-10-9-44(33(51)34(45)52)19-5-7-43(8-6-19)32(50)18-11-20(46)14-21(47)12-18/h3-4,11-12,14-15,19,25,28,41,46-49H,1,5-10,13H2,2H3,(H,42,55)(H,53,54). The summed E-state index contributed by atoms with van der Waals surface area (Å²) in [6.45, 7) is 3.95. The van der Waals surface area contributed by atoms with Crippen molar-refractivity contribution in [1.82, 2.24) is 25.3 Å². The molecule has 3 aromatic carbocycles. The highest BCUT2D eigenvalue weighted by molar-refractivity contribution is 6.48. The van der Waals surface area contributed by atoms with Gasteiger partial charge in [-0.25, -0.2) is 18.4 Å². The Hall–Kier alpha value is -6.28. The normalized spacial score (nSPS) is 17.8. The van der Waals surface area contributed by atoms with Gasteiger partial charge < -0.3 is 55.3 Å². The number of fused-ring (bicyclic) bond motifs is 1. The number of piperidine rings is 1. The molecule has 7 N–H and O–H groups in total. The fourth-order valence-corrected chi connectivity index (χ4v) is 7.39. The highest BCUT2D eigenvalue weighted by Gasteiger charge is 2.43. The van der Waals surface area contributed by atoms with Crippen LogP contribution in [-0.4, -0.2) is 122 Å². The highest BCUT2D eigenvalue weighted by atomic mass is 35.5. The van der Waals surface area contributed by atoms with Crippen molar-refractivity contribution >= 4 is 48.4 Å². The molecule has 0 aliphatic carbocycles. The lowest BCUT2D eigenvalue weighted by atomic mass is 9.71. The van der Waals surface area contributed by atoms with Crippen LogP contribution in [0.1, 0.15) is 50.7 Å². The number of nitrogens with zero attached hydrogens (tertiary/aromatic N) is 3. The van der Waals surface area contributed by atoms with E-state index in [0.29, 0.717) is 11.0 Å². The lowest BCUT2D eigenvalue weighted by molar-refractivity contribution is -0.156. The zero-order valence-corrected chi connectivity index (χ0v) is 30.8. The van der Waals surface area contributed by atoms with Gasteiger partial charge in [0.1, 0.15) is 28.6 Å². The van der Waals surface area contributed by atoms with Gasteiger partial charge in [-0.3, -0.25) is 19.3 Å². The molecule has 21 heteroatoms. The maximum Gasteiger partial charge on any atom is 0.549 e. The van der Waals surface area contributed by atoms with Crippen LogP contribution in [0, 0.1) is 11.6 Å². The van der Waals surface area contributed by atoms with Crippen molar-refractivity contribution < 1.29 is 67.6 Å². The number of carboxylic acid groups (broad SMARTS) is 1. The molecule has 17 nitrogen and oxygen atoms in total. The average Bonchev–Trinajstić information content (AvgIpc) is 3.17. The molecule has 6 rings (SSSR count). The largest absolute Gasteiger partial charge is 0.549 e. The number of hydrogen-bond acceptors (Lipinski definition) is 12. The number of halogens is 3. The number of carbonyl (C=O) groups excluding carboxylic acids is 4. The van der Waals surface area contributed by atoms with Crippen molar-refractivity contribution in [3.05, 3.63) is 87.6 Å². The van der Waals surface area contributed by atoms with Gasteiger partial charge in [0, 0.05) is 62.2 Å². The molecule has 5 amide bonds. The van der Waals surface area contributed by atoms with E-state index in [1.807, 2.05) is 0 Å². The molecule has 0 radical (unpaired) electrons. The number of piperazine rings is 1. The average molecular weight is 814 g/mol. The Kier molecular flexibility index (Phi) is 11.4. The first-order valence-corrected chi connectivity index (χ1v) is 17.7. The molecule has 0 spiro atoms. The number of benzene rings is 3. The number of likely N-dealkylation sites (tertiary alicyclic amines) is 1. The Balaban J connectivity index is 1.17. The van der Waals surface area contributed by atoms with E-state index in [4.69, 9.17) is 20.9 Å². The predicted molar refractivity (Wildman–Crippen MR) is 195 cm³/mol. The van der Waals surface area contributed by atoms with Crippen molar-refractivity contribution in [3.63, 3.8) is 0 Å². The number of imide groups is 1. The molecule has 2 saturated heterocycles.